The van der Waals surface area contributed by atoms with Crippen LogP contribution in [0.3, 0.4) is 0 Å². The molecule has 188 valence electrons. The van der Waals surface area contributed by atoms with Gasteiger partial charge in [0.25, 0.3) is 10.1 Å². The molecule has 2 rings (SSSR count). The Morgan fingerprint density at radius 3 is 2.30 bits per heavy atom. The molecule has 0 aliphatic carbocycles. The van der Waals surface area contributed by atoms with Crippen LogP contribution in [0.2, 0.25) is 0 Å². The van der Waals surface area contributed by atoms with Crippen LogP contribution in [0.15, 0.2) is 23.1 Å². The number of carbonyl (C=O) groups is 1. The summed E-state index contributed by atoms with van der Waals surface area (Å²) in [6.07, 6.45) is 8.93. The van der Waals surface area contributed by atoms with Crippen LogP contribution < -0.4 is 5.32 Å². The van der Waals surface area contributed by atoms with Crippen molar-refractivity contribution in [2.75, 3.05) is 19.6 Å². The molecule has 1 aliphatic heterocycles. The minimum Gasteiger partial charge on any atom is -0.444 e. The second kappa shape index (κ2) is 12.7. The van der Waals surface area contributed by atoms with Gasteiger partial charge < -0.3 is 15.0 Å². The SMILES string of the molecule is Cc1ccc(S(=O)(=O)O)c(CCCCCCCCN2CCC(NC(=O)OC(C)(C)C)CC2)c1. The maximum atomic E-state index is 11.9. The third-order valence-corrected chi connectivity index (χ3v) is 6.93. The molecule has 0 saturated carbocycles. The predicted molar refractivity (Wildman–Crippen MR) is 131 cm³/mol. The normalized spacial score (nSPS) is 16.0. The number of piperidine rings is 1. The van der Waals surface area contributed by atoms with E-state index in [0.29, 0.717) is 12.0 Å². The molecular formula is C25H42N2O5S. The van der Waals surface area contributed by atoms with Crippen LogP contribution in [0.4, 0.5) is 4.79 Å². The van der Waals surface area contributed by atoms with Gasteiger partial charge in [-0.05, 0) is 78.0 Å². The Morgan fingerprint density at radius 1 is 1.09 bits per heavy atom. The number of rotatable bonds is 11. The number of unbranched alkanes of at least 4 members (excludes halogenated alkanes) is 5. The Hall–Kier alpha value is -1.64. The molecule has 8 heteroatoms. The first-order valence-corrected chi connectivity index (χ1v) is 13.7. The highest BCUT2D eigenvalue weighted by molar-refractivity contribution is 7.85. The number of hydrogen-bond donors (Lipinski definition) is 2. The van der Waals surface area contributed by atoms with Gasteiger partial charge in [-0.2, -0.15) is 8.42 Å². The van der Waals surface area contributed by atoms with Gasteiger partial charge in [-0.25, -0.2) is 4.79 Å². The number of amides is 1. The zero-order valence-corrected chi connectivity index (χ0v) is 21.5. The van der Waals surface area contributed by atoms with Crippen molar-refractivity contribution >= 4 is 16.2 Å². The molecule has 0 bridgehead atoms. The minimum absolute atomic E-state index is 0.0400. The van der Waals surface area contributed by atoms with Crippen molar-refractivity contribution in [2.24, 2.45) is 0 Å². The molecule has 33 heavy (non-hydrogen) atoms. The van der Waals surface area contributed by atoms with Gasteiger partial charge in [0.15, 0.2) is 0 Å². The lowest BCUT2D eigenvalue weighted by Gasteiger charge is -2.32. The lowest BCUT2D eigenvalue weighted by atomic mass is 10.0. The van der Waals surface area contributed by atoms with Gasteiger partial charge in [-0.3, -0.25) is 4.55 Å². The van der Waals surface area contributed by atoms with Gasteiger partial charge in [0.2, 0.25) is 0 Å². The highest BCUT2D eigenvalue weighted by Gasteiger charge is 2.23. The molecule has 1 heterocycles. The number of carbonyl (C=O) groups excluding carboxylic acids is 1. The standard InChI is InChI=1S/C25H42N2O5S/c1-20-12-13-23(33(29,30)31)21(19-20)11-9-7-5-6-8-10-16-27-17-14-22(15-18-27)26-24(28)32-25(2,3)4/h12-13,19,22H,5-11,14-18H2,1-4H3,(H,26,28)(H,29,30,31). The quantitative estimate of drug-likeness (QED) is 0.336. The molecule has 7 nitrogen and oxygen atoms in total. The highest BCUT2D eigenvalue weighted by Crippen LogP contribution is 2.20. The fraction of sp³-hybridized carbons (Fsp3) is 0.720. The Balaban J connectivity index is 1.54. The molecule has 0 radical (unpaired) electrons. The van der Waals surface area contributed by atoms with E-state index in [-0.39, 0.29) is 17.0 Å². The predicted octanol–water partition coefficient (Wildman–Crippen LogP) is 5.11. The number of aryl methyl sites for hydroxylation is 2. The molecule has 1 saturated heterocycles. The van der Waals surface area contributed by atoms with E-state index < -0.39 is 15.7 Å². The molecule has 0 spiro atoms. The first-order valence-electron chi connectivity index (χ1n) is 12.2. The summed E-state index contributed by atoms with van der Waals surface area (Å²) in [7, 11) is -4.16. The summed E-state index contributed by atoms with van der Waals surface area (Å²) < 4.78 is 37.8. The van der Waals surface area contributed by atoms with Gasteiger partial charge in [0.05, 0.1) is 4.90 Å². The average Bonchev–Trinajstić information content (AvgIpc) is 2.69. The van der Waals surface area contributed by atoms with E-state index in [9.17, 15) is 17.8 Å². The minimum atomic E-state index is -4.16. The summed E-state index contributed by atoms with van der Waals surface area (Å²) in [5, 5.41) is 2.98. The Labute approximate surface area is 200 Å². The smallest absolute Gasteiger partial charge is 0.407 e. The molecule has 1 fully saturated rings. The summed E-state index contributed by atoms with van der Waals surface area (Å²) in [6, 6.07) is 5.27. The Kier molecular flexibility index (Phi) is 10.6. The summed E-state index contributed by atoms with van der Waals surface area (Å²) in [4.78, 5) is 14.4. The summed E-state index contributed by atoms with van der Waals surface area (Å²) in [6.45, 7) is 10.7. The van der Waals surface area contributed by atoms with Crippen LogP contribution in [-0.4, -0.2) is 55.2 Å². The largest absolute Gasteiger partial charge is 0.444 e. The van der Waals surface area contributed by atoms with Crippen molar-refractivity contribution in [1.29, 1.82) is 0 Å². The molecule has 1 aromatic carbocycles. The second-order valence-electron chi connectivity index (χ2n) is 10.2. The van der Waals surface area contributed by atoms with E-state index in [2.05, 4.69) is 10.2 Å². The van der Waals surface area contributed by atoms with E-state index in [1.54, 1.807) is 6.07 Å². The molecule has 1 aliphatic rings. The number of nitrogens with one attached hydrogen (secondary N) is 1. The number of alkyl carbamates (subject to hydrolysis) is 1. The van der Waals surface area contributed by atoms with Crippen LogP contribution in [0, 0.1) is 6.92 Å². The summed E-state index contributed by atoms with van der Waals surface area (Å²) >= 11 is 0. The van der Waals surface area contributed by atoms with Gasteiger partial charge >= 0.3 is 6.09 Å². The number of hydrogen-bond acceptors (Lipinski definition) is 5. The van der Waals surface area contributed by atoms with Crippen LogP contribution >= 0.6 is 0 Å². The van der Waals surface area contributed by atoms with Gasteiger partial charge in [0, 0.05) is 19.1 Å². The third kappa shape index (κ3) is 10.9. The molecule has 0 unspecified atom stereocenters. The highest BCUT2D eigenvalue weighted by atomic mass is 32.2. The van der Waals surface area contributed by atoms with E-state index in [0.717, 1.165) is 57.3 Å². The van der Waals surface area contributed by atoms with Crippen LogP contribution in [0.25, 0.3) is 0 Å². The lowest BCUT2D eigenvalue weighted by molar-refractivity contribution is 0.0478. The van der Waals surface area contributed by atoms with Gasteiger partial charge in [-0.1, -0.05) is 43.4 Å². The van der Waals surface area contributed by atoms with E-state index in [1.165, 1.54) is 25.3 Å². The average molecular weight is 483 g/mol. The fourth-order valence-electron chi connectivity index (χ4n) is 4.29. The van der Waals surface area contributed by atoms with Crippen molar-refractivity contribution < 1.29 is 22.5 Å². The number of ether oxygens (including phenoxy) is 1. The van der Waals surface area contributed by atoms with Crippen LogP contribution in [0.5, 0.6) is 0 Å². The van der Waals surface area contributed by atoms with Crippen molar-refractivity contribution in [3.8, 4) is 0 Å². The van der Waals surface area contributed by atoms with E-state index in [4.69, 9.17) is 4.74 Å². The Morgan fingerprint density at radius 2 is 1.70 bits per heavy atom. The topological polar surface area (TPSA) is 95.9 Å². The van der Waals surface area contributed by atoms with Crippen molar-refractivity contribution in [2.45, 2.75) is 102 Å². The molecule has 0 atom stereocenters. The van der Waals surface area contributed by atoms with Crippen molar-refractivity contribution in [3.05, 3.63) is 29.3 Å². The van der Waals surface area contributed by atoms with Gasteiger partial charge in [0.1, 0.15) is 5.60 Å². The van der Waals surface area contributed by atoms with Gasteiger partial charge in [-0.15, -0.1) is 0 Å². The summed E-state index contributed by atoms with van der Waals surface area (Å²) in [5.41, 5.74) is 1.25. The molecule has 1 aromatic rings. The van der Waals surface area contributed by atoms with E-state index in [1.807, 2.05) is 33.8 Å². The van der Waals surface area contributed by atoms with Crippen LogP contribution in [-0.2, 0) is 21.3 Å². The second-order valence-corrected chi connectivity index (χ2v) is 11.6. The number of nitrogens with zero attached hydrogens (tertiary/aromatic N) is 1. The van der Waals surface area contributed by atoms with Crippen molar-refractivity contribution in [1.82, 2.24) is 10.2 Å². The first kappa shape index (κ1) is 27.6. The first-order chi connectivity index (χ1) is 15.4. The maximum Gasteiger partial charge on any atom is 0.407 e. The zero-order valence-electron chi connectivity index (χ0n) is 20.7. The number of benzene rings is 1. The lowest BCUT2D eigenvalue weighted by Crippen LogP contribution is -2.46. The maximum absolute atomic E-state index is 11.9. The van der Waals surface area contributed by atoms with Crippen molar-refractivity contribution in [3.63, 3.8) is 0 Å². The molecule has 2 N–H and O–H groups in total. The monoisotopic (exact) mass is 482 g/mol. The number of likely N-dealkylation sites (tertiary alicyclic amines) is 1. The Bertz CT molecular complexity index is 856. The zero-order chi connectivity index (χ0) is 24.5. The fourth-order valence-corrected chi connectivity index (χ4v) is 5.02. The third-order valence-electron chi connectivity index (χ3n) is 5.97. The molecule has 0 aromatic heterocycles. The van der Waals surface area contributed by atoms with E-state index >= 15 is 0 Å². The van der Waals surface area contributed by atoms with Crippen LogP contribution in [0.1, 0.15) is 83.3 Å². The summed E-state index contributed by atoms with van der Waals surface area (Å²) in [5.74, 6) is 0. The molecule has 1 amide bonds. The molecular weight excluding hydrogens is 440 g/mol.